The van der Waals surface area contributed by atoms with Gasteiger partial charge in [0.1, 0.15) is 0 Å². The van der Waals surface area contributed by atoms with Crippen molar-refractivity contribution in [3.05, 3.63) is 23.8 Å². The fourth-order valence-corrected chi connectivity index (χ4v) is 1.85. The molecule has 80 valence electrons. The highest BCUT2D eigenvalue weighted by atomic mass is 16.5. The summed E-state index contributed by atoms with van der Waals surface area (Å²) in [6.45, 7) is 1.55. The molecule has 0 radical (unpaired) electrons. The number of aliphatic hydroxyl groups is 1. The molecule has 3 rings (SSSR count). The standard InChI is InChI=1S/C12H14O3/c13-6-9-1-2-10-11(5-9)15-8-12(3-4-12)7-14-10/h1-2,5,13H,3-4,6-8H2. The zero-order chi connectivity index (χ0) is 10.3. The molecule has 1 heterocycles. The number of aliphatic hydroxyl groups excluding tert-OH is 1. The van der Waals surface area contributed by atoms with Gasteiger partial charge in [0.05, 0.1) is 19.8 Å². The van der Waals surface area contributed by atoms with E-state index in [2.05, 4.69) is 0 Å². The Morgan fingerprint density at radius 3 is 2.53 bits per heavy atom. The fraction of sp³-hybridized carbons (Fsp3) is 0.500. The van der Waals surface area contributed by atoms with Crippen molar-refractivity contribution in [3.63, 3.8) is 0 Å². The van der Waals surface area contributed by atoms with Crippen LogP contribution >= 0.6 is 0 Å². The fourth-order valence-electron chi connectivity index (χ4n) is 1.85. The minimum Gasteiger partial charge on any atom is -0.489 e. The Bertz CT molecular complexity index is 382. The van der Waals surface area contributed by atoms with Gasteiger partial charge in [0, 0.05) is 5.41 Å². The van der Waals surface area contributed by atoms with E-state index < -0.39 is 0 Å². The number of fused-ring (bicyclic) bond motifs is 1. The molecule has 1 aliphatic heterocycles. The lowest BCUT2D eigenvalue weighted by atomic mass is 10.1. The molecule has 1 saturated carbocycles. The van der Waals surface area contributed by atoms with Crippen LogP contribution in [0.25, 0.3) is 0 Å². The van der Waals surface area contributed by atoms with Gasteiger partial charge < -0.3 is 14.6 Å². The van der Waals surface area contributed by atoms with Crippen LogP contribution in [0.5, 0.6) is 11.5 Å². The molecule has 1 aromatic rings. The molecule has 3 nitrogen and oxygen atoms in total. The molecule has 0 atom stereocenters. The zero-order valence-corrected chi connectivity index (χ0v) is 8.53. The van der Waals surface area contributed by atoms with E-state index in [1.807, 2.05) is 18.2 Å². The number of ether oxygens (including phenoxy) is 2. The summed E-state index contributed by atoms with van der Waals surface area (Å²) in [5.74, 6) is 1.57. The van der Waals surface area contributed by atoms with E-state index in [1.54, 1.807) is 0 Å². The highest BCUT2D eigenvalue weighted by Gasteiger charge is 2.46. The highest BCUT2D eigenvalue weighted by Crippen LogP contribution is 2.49. The monoisotopic (exact) mass is 206 g/mol. The van der Waals surface area contributed by atoms with Gasteiger partial charge in [0.25, 0.3) is 0 Å². The first-order valence-electron chi connectivity index (χ1n) is 5.31. The summed E-state index contributed by atoms with van der Waals surface area (Å²) in [4.78, 5) is 0. The Kier molecular flexibility index (Phi) is 1.89. The lowest BCUT2D eigenvalue weighted by Crippen LogP contribution is -2.17. The molecule has 1 fully saturated rings. The molecule has 0 aromatic heterocycles. The van der Waals surface area contributed by atoms with Crippen molar-refractivity contribution in [2.75, 3.05) is 13.2 Å². The summed E-state index contributed by atoms with van der Waals surface area (Å²) in [7, 11) is 0. The predicted molar refractivity (Wildman–Crippen MR) is 55.0 cm³/mol. The maximum Gasteiger partial charge on any atom is 0.161 e. The van der Waals surface area contributed by atoms with Gasteiger partial charge in [-0.05, 0) is 30.5 Å². The van der Waals surface area contributed by atoms with Gasteiger partial charge in [0.2, 0.25) is 0 Å². The molecule has 1 aromatic carbocycles. The first-order valence-corrected chi connectivity index (χ1v) is 5.31. The normalized spacial score (nSPS) is 21.1. The van der Waals surface area contributed by atoms with Gasteiger partial charge in [-0.2, -0.15) is 0 Å². The van der Waals surface area contributed by atoms with Crippen molar-refractivity contribution in [1.82, 2.24) is 0 Å². The molecule has 15 heavy (non-hydrogen) atoms. The van der Waals surface area contributed by atoms with Crippen molar-refractivity contribution in [1.29, 1.82) is 0 Å². The van der Waals surface area contributed by atoms with Gasteiger partial charge in [-0.25, -0.2) is 0 Å². The largest absolute Gasteiger partial charge is 0.489 e. The highest BCUT2D eigenvalue weighted by molar-refractivity contribution is 5.43. The Morgan fingerprint density at radius 1 is 1.13 bits per heavy atom. The van der Waals surface area contributed by atoms with Crippen LogP contribution in [0, 0.1) is 5.41 Å². The van der Waals surface area contributed by atoms with E-state index in [0.29, 0.717) is 0 Å². The second kappa shape index (κ2) is 3.14. The summed E-state index contributed by atoms with van der Waals surface area (Å²) < 4.78 is 11.5. The number of rotatable bonds is 1. The number of hydrogen-bond acceptors (Lipinski definition) is 3. The van der Waals surface area contributed by atoms with Gasteiger partial charge in [-0.3, -0.25) is 0 Å². The third-order valence-electron chi connectivity index (χ3n) is 3.22. The lowest BCUT2D eigenvalue weighted by Gasteiger charge is -2.08. The summed E-state index contributed by atoms with van der Waals surface area (Å²) in [5, 5.41) is 9.03. The van der Waals surface area contributed by atoms with Gasteiger partial charge >= 0.3 is 0 Å². The van der Waals surface area contributed by atoms with E-state index in [0.717, 1.165) is 30.3 Å². The topological polar surface area (TPSA) is 38.7 Å². The third-order valence-corrected chi connectivity index (χ3v) is 3.22. The van der Waals surface area contributed by atoms with Gasteiger partial charge in [0.15, 0.2) is 11.5 Å². The maximum absolute atomic E-state index is 9.03. The smallest absolute Gasteiger partial charge is 0.161 e. The minimum absolute atomic E-state index is 0.0434. The molecule has 0 bridgehead atoms. The first-order chi connectivity index (χ1) is 7.31. The second-order valence-electron chi connectivity index (χ2n) is 4.52. The second-order valence-corrected chi connectivity index (χ2v) is 4.52. The van der Waals surface area contributed by atoms with E-state index >= 15 is 0 Å². The molecular formula is C12H14O3. The molecule has 0 saturated heterocycles. The summed E-state index contributed by atoms with van der Waals surface area (Å²) in [6.07, 6.45) is 2.40. The van der Waals surface area contributed by atoms with Crippen LogP contribution < -0.4 is 9.47 Å². The van der Waals surface area contributed by atoms with Crippen molar-refractivity contribution in [3.8, 4) is 11.5 Å². The van der Waals surface area contributed by atoms with Crippen LogP contribution in [0.4, 0.5) is 0 Å². The Balaban J connectivity index is 1.89. The molecule has 1 aliphatic carbocycles. The van der Waals surface area contributed by atoms with E-state index in [9.17, 15) is 0 Å². The number of hydrogen-bond donors (Lipinski definition) is 1. The van der Waals surface area contributed by atoms with Crippen molar-refractivity contribution in [2.24, 2.45) is 5.41 Å². The summed E-state index contributed by atoms with van der Waals surface area (Å²) in [5.41, 5.74) is 1.14. The molecular weight excluding hydrogens is 192 g/mol. The zero-order valence-electron chi connectivity index (χ0n) is 8.53. The Hall–Kier alpha value is -1.22. The van der Waals surface area contributed by atoms with Crippen LogP contribution in [0.3, 0.4) is 0 Å². The van der Waals surface area contributed by atoms with Crippen LogP contribution in [0.1, 0.15) is 18.4 Å². The Morgan fingerprint density at radius 2 is 1.87 bits per heavy atom. The van der Waals surface area contributed by atoms with Crippen LogP contribution in [-0.2, 0) is 6.61 Å². The SMILES string of the molecule is OCc1ccc2c(c1)OCC1(CC1)CO2. The molecule has 1 spiro atoms. The average Bonchev–Trinajstić information content (AvgIpc) is 3.07. The molecule has 0 amide bonds. The molecule has 2 aliphatic rings. The molecule has 1 N–H and O–H groups in total. The predicted octanol–water partition coefficient (Wildman–Crippen LogP) is 1.73. The minimum atomic E-state index is 0.0434. The lowest BCUT2D eigenvalue weighted by molar-refractivity contribution is 0.197. The van der Waals surface area contributed by atoms with Gasteiger partial charge in [-0.1, -0.05) is 6.07 Å². The summed E-state index contributed by atoms with van der Waals surface area (Å²) in [6, 6.07) is 5.60. The molecule has 0 unspecified atom stereocenters. The quantitative estimate of drug-likeness (QED) is 0.760. The van der Waals surface area contributed by atoms with Crippen LogP contribution in [-0.4, -0.2) is 18.3 Å². The molecule has 3 heteroatoms. The van der Waals surface area contributed by atoms with Gasteiger partial charge in [-0.15, -0.1) is 0 Å². The Labute approximate surface area is 88.6 Å². The maximum atomic E-state index is 9.03. The summed E-state index contributed by atoms with van der Waals surface area (Å²) >= 11 is 0. The van der Waals surface area contributed by atoms with E-state index in [-0.39, 0.29) is 12.0 Å². The van der Waals surface area contributed by atoms with Crippen molar-refractivity contribution < 1.29 is 14.6 Å². The van der Waals surface area contributed by atoms with E-state index in [1.165, 1.54) is 12.8 Å². The van der Waals surface area contributed by atoms with Crippen molar-refractivity contribution in [2.45, 2.75) is 19.4 Å². The van der Waals surface area contributed by atoms with Crippen LogP contribution in [0.2, 0.25) is 0 Å². The average molecular weight is 206 g/mol. The van der Waals surface area contributed by atoms with E-state index in [4.69, 9.17) is 14.6 Å². The van der Waals surface area contributed by atoms with Crippen molar-refractivity contribution >= 4 is 0 Å². The van der Waals surface area contributed by atoms with Crippen LogP contribution in [0.15, 0.2) is 18.2 Å². The number of benzene rings is 1. The first kappa shape index (κ1) is 9.04. The third kappa shape index (κ3) is 1.57.